The SMILES string of the molecule is CCn1c(-c2csc(-c3cccs3)n2)n[nH]c1=S. The molecule has 0 spiro atoms. The van der Waals surface area contributed by atoms with Crippen molar-refractivity contribution in [3.63, 3.8) is 0 Å². The Bertz CT molecular complexity index is 705. The number of thiophene rings is 1. The number of rotatable bonds is 3. The normalized spacial score (nSPS) is 10.9. The largest absolute Gasteiger partial charge is 0.299 e. The summed E-state index contributed by atoms with van der Waals surface area (Å²) in [5.41, 5.74) is 0.873. The lowest BCUT2D eigenvalue weighted by Gasteiger charge is -1.98. The van der Waals surface area contributed by atoms with Gasteiger partial charge in [0.15, 0.2) is 10.6 Å². The van der Waals surface area contributed by atoms with Crippen molar-refractivity contribution in [2.45, 2.75) is 13.5 Å². The molecule has 0 saturated carbocycles. The maximum atomic E-state index is 5.18. The van der Waals surface area contributed by atoms with Crippen LogP contribution < -0.4 is 0 Å². The lowest BCUT2D eigenvalue weighted by Crippen LogP contribution is -1.97. The number of aromatic amines is 1. The second kappa shape index (κ2) is 4.75. The van der Waals surface area contributed by atoms with Gasteiger partial charge in [-0.3, -0.25) is 9.67 Å². The van der Waals surface area contributed by atoms with Gasteiger partial charge in [0.2, 0.25) is 0 Å². The third-order valence-electron chi connectivity index (χ3n) is 2.54. The van der Waals surface area contributed by atoms with Crippen LogP contribution >= 0.6 is 34.9 Å². The van der Waals surface area contributed by atoms with Gasteiger partial charge >= 0.3 is 0 Å². The molecule has 0 aromatic carbocycles. The summed E-state index contributed by atoms with van der Waals surface area (Å²) in [6, 6.07) is 4.10. The number of hydrogen-bond acceptors (Lipinski definition) is 5. The van der Waals surface area contributed by atoms with E-state index in [9.17, 15) is 0 Å². The maximum absolute atomic E-state index is 5.18. The molecule has 4 nitrogen and oxygen atoms in total. The van der Waals surface area contributed by atoms with Gasteiger partial charge in [0.1, 0.15) is 10.7 Å². The topological polar surface area (TPSA) is 46.5 Å². The minimum absolute atomic E-state index is 0.637. The first-order valence-electron chi connectivity index (χ1n) is 5.44. The predicted octanol–water partition coefficient (Wildman–Crippen LogP) is 3.81. The number of nitrogens with zero attached hydrogens (tertiary/aromatic N) is 3. The van der Waals surface area contributed by atoms with E-state index in [0.29, 0.717) is 4.77 Å². The van der Waals surface area contributed by atoms with Crippen molar-refractivity contribution in [3.8, 4) is 21.4 Å². The number of aromatic nitrogens is 4. The Morgan fingerprint density at radius 3 is 3.06 bits per heavy atom. The molecule has 0 aliphatic rings. The molecule has 3 rings (SSSR count). The molecule has 3 aromatic rings. The molecule has 3 heterocycles. The molecule has 0 aliphatic heterocycles. The minimum Gasteiger partial charge on any atom is -0.299 e. The highest BCUT2D eigenvalue weighted by Crippen LogP contribution is 2.30. The Balaban J connectivity index is 2.05. The molecule has 18 heavy (non-hydrogen) atoms. The van der Waals surface area contributed by atoms with Gasteiger partial charge in [0.25, 0.3) is 0 Å². The Morgan fingerprint density at radius 2 is 2.33 bits per heavy atom. The predicted molar refractivity (Wildman–Crippen MR) is 77.5 cm³/mol. The first-order chi connectivity index (χ1) is 8.79. The fraction of sp³-hybridized carbons (Fsp3) is 0.182. The van der Waals surface area contributed by atoms with Crippen LogP contribution in [0.2, 0.25) is 0 Å². The molecule has 0 unspecified atom stereocenters. The van der Waals surface area contributed by atoms with Gasteiger partial charge in [0.05, 0.1) is 4.88 Å². The van der Waals surface area contributed by atoms with E-state index >= 15 is 0 Å². The van der Waals surface area contributed by atoms with Gasteiger partial charge in [-0.05, 0) is 30.6 Å². The van der Waals surface area contributed by atoms with Gasteiger partial charge in [-0.1, -0.05) is 6.07 Å². The molecule has 0 amide bonds. The fourth-order valence-electron chi connectivity index (χ4n) is 1.70. The molecule has 92 valence electrons. The van der Waals surface area contributed by atoms with E-state index in [2.05, 4.69) is 26.6 Å². The van der Waals surface area contributed by atoms with Crippen LogP contribution in [0, 0.1) is 4.77 Å². The van der Waals surface area contributed by atoms with E-state index in [0.717, 1.165) is 23.1 Å². The zero-order valence-electron chi connectivity index (χ0n) is 9.58. The summed E-state index contributed by atoms with van der Waals surface area (Å²) in [6.45, 7) is 2.83. The van der Waals surface area contributed by atoms with Crippen molar-refractivity contribution in [1.82, 2.24) is 19.7 Å². The molecule has 0 radical (unpaired) electrons. The average Bonchev–Trinajstić information content (AvgIpc) is 3.08. The van der Waals surface area contributed by atoms with Gasteiger partial charge < -0.3 is 0 Å². The lowest BCUT2D eigenvalue weighted by atomic mass is 10.4. The first kappa shape index (κ1) is 11.8. The highest BCUT2D eigenvalue weighted by atomic mass is 32.1. The highest BCUT2D eigenvalue weighted by Gasteiger charge is 2.12. The van der Waals surface area contributed by atoms with E-state index in [-0.39, 0.29) is 0 Å². The van der Waals surface area contributed by atoms with Crippen molar-refractivity contribution in [2.75, 3.05) is 0 Å². The summed E-state index contributed by atoms with van der Waals surface area (Å²) in [5, 5.41) is 12.2. The van der Waals surface area contributed by atoms with Gasteiger partial charge in [-0.25, -0.2) is 4.98 Å². The van der Waals surface area contributed by atoms with Gasteiger partial charge in [-0.2, -0.15) is 5.10 Å². The monoisotopic (exact) mass is 294 g/mol. The molecule has 0 fully saturated rings. The number of thiazole rings is 1. The van der Waals surface area contributed by atoms with Gasteiger partial charge in [-0.15, -0.1) is 22.7 Å². The highest BCUT2D eigenvalue weighted by molar-refractivity contribution is 7.71. The molecule has 0 atom stereocenters. The molecule has 1 N–H and O–H groups in total. The fourth-order valence-corrected chi connectivity index (χ4v) is 3.57. The number of nitrogens with one attached hydrogen (secondary N) is 1. The van der Waals surface area contributed by atoms with Crippen LogP contribution in [0.3, 0.4) is 0 Å². The summed E-state index contributed by atoms with van der Waals surface area (Å²) in [6.07, 6.45) is 0. The van der Waals surface area contributed by atoms with Crippen molar-refractivity contribution in [3.05, 3.63) is 27.7 Å². The molecule has 0 saturated heterocycles. The van der Waals surface area contributed by atoms with Crippen molar-refractivity contribution in [2.24, 2.45) is 0 Å². The second-order valence-electron chi connectivity index (χ2n) is 3.61. The molecule has 3 aromatic heterocycles. The van der Waals surface area contributed by atoms with Crippen LogP contribution in [-0.4, -0.2) is 19.7 Å². The van der Waals surface area contributed by atoms with Crippen molar-refractivity contribution < 1.29 is 0 Å². The van der Waals surface area contributed by atoms with Gasteiger partial charge in [0, 0.05) is 11.9 Å². The van der Waals surface area contributed by atoms with E-state index < -0.39 is 0 Å². The summed E-state index contributed by atoms with van der Waals surface area (Å²) in [5.74, 6) is 0.807. The van der Waals surface area contributed by atoms with Crippen molar-refractivity contribution in [1.29, 1.82) is 0 Å². The second-order valence-corrected chi connectivity index (χ2v) is 5.80. The van der Waals surface area contributed by atoms with Crippen LogP contribution in [0.4, 0.5) is 0 Å². The molecule has 0 aliphatic carbocycles. The Kier molecular flexibility index (Phi) is 3.11. The average molecular weight is 294 g/mol. The Hall–Kier alpha value is -1.31. The maximum Gasteiger partial charge on any atom is 0.195 e. The van der Waals surface area contributed by atoms with E-state index in [4.69, 9.17) is 12.2 Å². The Labute approximate surface area is 117 Å². The van der Waals surface area contributed by atoms with Crippen LogP contribution in [0.5, 0.6) is 0 Å². The summed E-state index contributed by atoms with van der Waals surface area (Å²) in [4.78, 5) is 5.81. The molecular formula is C11H10N4S3. The molecule has 7 heteroatoms. The van der Waals surface area contributed by atoms with E-state index in [1.54, 1.807) is 22.7 Å². The summed E-state index contributed by atoms with van der Waals surface area (Å²) in [7, 11) is 0. The zero-order valence-corrected chi connectivity index (χ0v) is 12.0. The van der Waals surface area contributed by atoms with Crippen LogP contribution in [-0.2, 0) is 6.54 Å². The zero-order chi connectivity index (χ0) is 12.5. The Morgan fingerprint density at radius 1 is 1.44 bits per heavy atom. The van der Waals surface area contributed by atoms with E-state index in [1.165, 1.54) is 4.88 Å². The minimum atomic E-state index is 0.637. The van der Waals surface area contributed by atoms with E-state index in [1.807, 2.05) is 22.9 Å². The third kappa shape index (κ3) is 1.94. The third-order valence-corrected chi connectivity index (χ3v) is 4.73. The summed E-state index contributed by atoms with van der Waals surface area (Å²) >= 11 is 8.50. The number of hydrogen-bond donors (Lipinski definition) is 1. The first-order valence-corrected chi connectivity index (χ1v) is 7.61. The summed E-state index contributed by atoms with van der Waals surface area (Å²) < 4.78 is 2.58. The van der Waals surface area contributed by atoms with Crippen LogP contribution in [0.1, 0.15) is 6.92 Å². The van der Waals surface area contributed by atoms with Crippen LogP contribution in [0.15, 0.2) is 22.9 Å². The molecular weight excluding hydrogens is 284 g/mol. The lowest BCUT2D eigenvalue weighted by molar-refractivity contribution is 0.754. The smallest absolute Gasteiger partial charge is 0.195 e. The van der Waals surface area contributed by atoms with Crippen LogP contribution in [0.25, 0.3) is 21.4 Å². The quantitative estimate of drug-likeness (QED) is 0.747. The number of H-pyrrole nitrogens is 1. The molecule has 0 bridgehead atoms. The van der Waals surface area contributed by atoms with Crippen molar-refractivity contribution >= 4 is 34.9 Å². The standard InChI is InChI=1S/C11H10N4S3/c1-2-15-9(13-14-11(15)16)7-6-18-10(12-7)8-4-3-5-17-8/h3-6H,2H2,1H3,(H,14,16).